The average Bonchev–Trinajstić information content (AvgIpc) is 3.18. The van der Waals surface area contributed by atoms with E-state index >= 15 is 0 Å². The van der Waals surface area contributed by atoms with Gasteiger partial charge in [-0.3, -0.25) is 19.5 Å². The Bertz CT molecular complexity index is 934. The molecule has 2 amide bonds. The van der Waals surface area contributed by atoms with E-state index in [9.17, 15) is 19.5 Å². The van der Waals surface area contributed by atoms with Crippen LogP contribution in [0.25, 0.3) is 5.57 Å². The summed E-state index contributed by atoms with van der Waals surface area (Å²) >= 11 is 2.89. The minimum absolute atomic E-state index is 0. The molecule has 7 nitrogen and oxygen atoms in total. The zero-order valence-electron chi connectivity index (χ0n) is 15.0. The molecule has 28 heavy (non-hydrogen) atoms. The van der Waals surface area contributed by atoms with Gasteiger partial charge in [-0.25, -0.2) is 0 Å². The predicted octanol–water partition coefficient (Wildman–Crippen LogP) is -2.75. The third-order valence-electron chi connectivity index (χ3n) is 4.42. The first-order chi connectivity index (χ1) is 13.1. The van der Waals surface area contributed by atoms with Crippen molar-refractivity contribution in [3.8, 4) is 0 Å². The van der Waals surface area contributed by atoms with Crippen molar-refractivity contribution in [3.05, 3.63) is 58.2 Å². The van der Waals surface area contributed by atoms with E-state index in [0.717, 1.165) is 4.88 Å². The van der Waals surface area contributed by atoms with Crippen molar-refractivity contribution in [2.75, 3.05) is 5.75 Å². The number of carboxylic acids is 1. The number of aliphatic carboxylic acids is 1. The van der Waals surface area contributed by atoms with Crippen LogP contribution >= 0.6 is 23.1 Å². The summed E-state index contributed by atoms with van der Waals surface area (Å²) in [7, 11) is 0. The van der Waals surface area contributed by atoms with E-state index in [1.54, 1.807) is 24.5 Å². The normalized spacial score (nSPS) is 20.7. The van der Waals surface area contributed by atoms with Crippen LogP contribution in [-0.4, -0.2) is 44.8 Å². The number of hydrogen-bond acceptors (Lipinski definition) is 7. The van der Waals surface area contributed by atoms with E-state index < -0.39 is 23.3 Å². The zero-order chi connectivity index (χ0) is 19.0. The second-order valence-electron chi connectivity index (χ2n) is 6.06. The fourth-order valence-electron chi connectivity index (χ4n) is 3.18. The van der Waals surface area contributed by atoms with Crippen molar-refractivity contribution in [3.63, 3.8) is 0 Å². The van der Waals surface area contributed by atoms with E-state index in [4.69, 9.17) is 0 Å². The number of hydrogen-bond donors (Lipinski definition) is 1. The Balaban J connectivity index is 0.00000225. The summed E-state index contributed by atoms with van der Waals surface area (Å²) in [5.41, 5.74) is 1.09. The fourth-order valence-corrected chi connectivity index (χ4v) is 5.26. The standard InChI is InChI=1S/C18H15N3O4S2.Na/c22-13(8-11-2-1-7-26-11)20-14-16(23)21-15(18(24)25)12(9-27-17(14)21)10-3-5-19-6-4-10;/h1-7,14,17H,8-9H2,(H,20,22)(H,24,25);/q;+1/p-1/t14-,17+;/m1./s1. The number of carbonyl (C=O) groups excluding carboxylic acids is 3. The minimum atomic E-state index is -1.40. The molecule has 138 valence electrons. The van der Waals surface area contributed by atoms with Crippen molar-refractivity contribution in [2.24, 2.45) is 0 Å². The smallest absolute Gasteiger partial charge is 0.543 e. The molecule has 4 heterocycles. The Morgan fingerprint density at radius 1 is 1.29 bits per heavy atom. The number of amides is 2. The van der Waals surface area contributed by atoms with Gasteiger partial charge in [0.05, 0.1) is 18.1 Å². The van der Waals surface area contributed by atoms with Crippen molar-refractivity contribution in [1.29, 1.82) is 0 Å². The molecule has 0 spiro atoms. The van der Waals surface area contributed by atoms with Crippen LogP contribution in [-0.2, 0) is 20.8 Å². The summed E-state index contributed by atoms with van der Waals surface area (Å²) in [6.45, 7) is 0. The Morgan fingerprint density at radius 3 is 2.68 bits per heavy atom. The molecule has 4 rings (SSSR count). The second-order valence-corrected chi connectivity index (χ2v) is 8.20. The molecule has 0 bridgehead atoms. The van der Waals surface area contributed by atoms with Crippen LogP contribution in [0.1, 0.15) is 10.4 Å². The van der Waals surface area contributed by atoms with Crippen LogP contribution in [0.5, 0.6) is 0 Å². The second kappa shape index (κ2) is 8.79. The summed E-state index contributed by atoms with van der Waals surface area (Å²) in [5.74, 6) is -1.68. The van der Waals surface area contributed by atoms with E-state index in [2.05, 4.69) is 10.3 Å². The summed E-state index contributed by atoms with van der Waals surface area (Å²) in [6.07, 6.45) is 3.33. The molecule has 0 aliphatic carbocycles. The Hall–Kier alpha value is -1.65. The zero-order valence-corrected chi connectivity index (χ0v) is 18.6. The van der Waals surface area contributed by atoms with Gasteiger partial charge < -0.3 is 15.2 Å². The number of nitrogens with one attached hydrogen (secondary N) is 1. The van der Waals surface area contributed by atoms with Crippen LogP contribution in [0.2, 0.25) is 0 Å². The molecule has 2 atom stereocenters. The third kappa shape index (κ3) is 3.90. The fraction of sp³-hybridized carbons (Fsp3) is 0.222. The number of rotatable bonds is 5. The maximum absolute atomic E-state index is 12.6. The topological polar surface area (TPSA) is 102 Å². The summed E-state index contributed by atoms with van der Waals surface area (Å²) in [5, 5.41) is 15.9. The summed E-state index contributed by atoms with van der Waals surface area (Å²) in [6, 6.07) is 6.38. The Labute approximate surface area is 191 Å². The molecule has 2 aromatic rings. The number of carboxylic acid groups (broad SMARTS) is 1. The van der Waals surface area contributed by atoms with Crippen LogP contribution in [0.4, 0.5) is 0 Å². The monoisotopic (exact) mass is 423 g/mol. The molecule has 1 N–H and O–H groups in total. The van der Waals surface area contributed by atoms with E-state index in [1.165, 1.54) is 28.0 Å². The Morgan fingerprint density at radius 2 is 2.04 bits per heavy atom. The largest absolute Gasteiger partial charge is 1.00 e. The molecular formula is C18H14N3NaO4S2. The van der Waals surface area contributed by atoms with Crippen molar-refractivity contribution >= 4 is 46.5 Å². The van der Waals surface area contributed by atoms with E-state index in [1.807, 2.05) is 17.5 Å². The average molecular weight is 423 g/mol. The van der Waals surface area contributed by atoms with Crippen LogP contribution in [0.15, 0.2) is 47.7 Å². The maximum Gasteiger partial charge on any atom is 1.00 e. The maximum atomic E-state index is 12.6. The number of nitrogens with zero attached hydrogens (tertiary/aromatic N) is 2. The molecule has 0 radical (unpaired) electrons. The molecule has 2 aromatic heterocycles. The van der Waals surface area contributed by atoms with Gasteiger partial charge in [0, 0.05) is 23.0 Å². The van der Waals surface area contributed by atoms with Crippen molar-refractivity contribution < 1.29 is 49.0 Å². The number of fused-ring (bicyclic) bond motifs is 1. The van der Waals surface area contributed by atoms with Gasteiger partial charge in [-0.05, 0) is 34.7 Å². The number of pyridine rings is 1. The first-order valence-corrected chi connectivity index (χ1v) is 10.1. The van der Waals surface area contributed by atoms with Crippen LogP contribution in [0, 0.1) is 0 Å². The summed E-state index contributed by atoms with van der Waals surface area (Å²) in [4.78, 5) is 42.6. The van der Waals surface area contributed by atoms with Crippen LogP contribution in [0.3, 0.4) is 0 Å². The van der Waals surface area contributed by atoms with Crippen LogP contribution < -0.4 is 40.0 Å². The van der Waals surface area contributed by atoms with Crippen molar-refractivity contribution in [2.45, 2.75) is 17.8 Å². The quantitative estimate of drug-likeness (QED) is 0.413. The third-order valence-corrected chi connectivity index (χ3v) is 6.58. The van der Waals surface area contributed by atoms with Gasteiger partial charge in [-0.15, -0.1) is 23.1 Å². The molecular weight excluding hydrogens is 409 g/mol. The first-order valence-electron chi connectivity index (χ1n) is 8.17. The first kappa shape index (κ1) is 21.1. The number of thioether (sulfide) groups is 1. The molecule has 2 aliphatic heterocycles. The van der Waals surface area contributed by atoms with E-state index in [0.29, 0.717) is 16.9 Å². The molecule has 0 saturated carbocycles. The molecule has 0 unspecified atom stereocenters. The summed E-state index contributed by atoms with van der Waals surface area (Å²) < 4.78 is 0. The molecule has 1 fully saturated rings. The molecule has 10 heteroatoms. The minimum Gasteiger partial charge on any atom is -0.543 e. The van der Waals surface area contributed by atoms with Gasteiger partial charge in [0.15, 0.2) is 0 Å². The SMILES string of the molecule is O=C(Cc1cccs1)N[C@@H]1C(=O)N2C(C(=O)[O-])=C(c3ccncc3)CS[C@@H]12.[Na+]. The molecule has 2 aliphatic rings. The number of aromatic nitrogens is 1. The van der Waals surface area contributed by atoms with Gasteiger partial charge in [-0.1, -0.05) is 6.07 Å². The van der Waals surface area contributed by atoms with E-state index in [-0.39, 0.29) is 47.6 Å². The number of thiophene rings is 1. The van der Waals surface area contributed by atoms with Gasteiger partial charge in [0.25, 0.3) is 5.91 Å². The van der Waals surface area contributed by atoms with Gasteiger partial charge >= 0.3 is 29.6 Å². The predicted molar refractivity (Wildman–Crippen MR) is 99.2 cm³/mol. The van der Waals surface area contributed by atoms with Crippen molar-refractivity contribution in [1.82, 2.24) is 15.2 Å². The molecule has 0 aromatic carbocycles. The Kier molecular flexibility index (Phi) is 6.61. The van der Waals surface area contributed by atoms with Gasteiger partial charge in [-0.2, -0.15) is 0 Å². The number of β-lactam (4-membered cyclic amide) rings is 1. The number of carbonyl (C=O) groups is 3. The van der Waals surface area contributed by atoms with Gasteiger partial charge in [0.1, 0.15) is 11.4 Å². The van der Waals surface area contributed by atoms with Gasteiger partial charge in [0.2, 0.25) is 5.91 Å². The molecule has 1 saturated heterocycles.